The van der Waals surface area contributed by atoms with Crippen LogP contribution < -0.4 is 20.8 Å². The second-order valence-corrected chi connectivity index (χ2v) is 10.2. The van der Waals surface area contributed by atoms with Crippen molar-refractivity contribution in [2.45, 2.75) is 19.3 Å². The average Bonchev–Trinajstić information content (AvgIpc) is 3.55. The summed E-state index contributed by atoms with van der Waals surface area (Å²) in [5.41, 5.74) is 0.988. The fourth-order valence-corrected chi connectivity index (χ4v) is 5.13. The van der Waals surface area contributed by atoms with E-state index in [0.717, 1.165) is 9.75 Å². The van der Waals surface area contributed by atoms with Gasteiger partial charge in [-0.3, -0.25) is 9.59 Å². The summed E-state index contributed by atoms with van der Waals surface area (Å²) < 4.78 is 0. The number of thiophene rings is 2. The molecule has 0 aliphatic rings. The van der Waals surface area contributed by atoms with Gasteiger partial charge in [-0.15, -0.1) is 22.7 Å². The number of carbonyl (C=O) groups excluding carboxylic acids is 4. The molecule has 0 aliphatic carbocycles. The molecule has 2 heterocycles. The predicted octanol–water partition coefficient (Wildman–Crippen LogP) is 2.49. The monoisotopic (exact) mass is 532 g/mol. The van der Waals surface area contributed by atoms with Crippen molar-refractivity contribution >= 4 is 57.8 Å². The maximum atomic E-state index is 12.3. The molecule has 0 unspecified atom stereocenters. The lowest BCUT2D eigenvalue weighted by Crippen LogP contribution is -2.25. The van der Waals surface area contributed by atoms with Crippen LogP contribution >= 0.6 is 22.7 Å². The smallest absolute Gasteiger partial charge is 0.229 e. The predicted molar refractivity (Wildman–Crippen MR) is 138 cm³/mol. The summed E-state index contributed by atoms with van der Waals surface area (Å²) in [7, 11) is 0. The Hall–Kier alpha value is -4.28. The van der Waals surface area contributed by atoms with Crippen molar-refractivity contribution in [3.8, 4) is 0 Å². The first kappa shape index (κ1) is 25.8. The number of nitrogens with one attached hydrogen (secondary N) is 2. The molecule has 2 N–H and O–H groups in total. The summed E-state index contributed by atoms with van der Waals surface area (Å²) in [6.07, 6.45) is 0.440. The van der Waals surface area contributed by atoms with Crippen molar-refractivity contribution < 1.29 is 29.4 Å². The Labute approximate surface area is 220 Å². The highest BCUT2D eigenvalue weighted by Gasteiger charge is 2.13. The van der Waals surface area contributed by atoms with Crippen LogP contribution in [0.4, 0.5) is 11.4 Å². The van der Waals surface area contributed by atoms with E-state index in [2.05, 4.69) is 10.6 Å². The lowest BCUT2D eigenvalue weighted by molar-refractivity contribution is -0.256. The maximum absolute atomic E-state index is 12.3. The number of carboxylic acids is 2. The van der Waals surface area contributed by atoms with Crippen LogP contribution in [-0.2, 0) is 28.9 Å². The molecule has 0 fully saturated rings. The Morgan fingerprint density at radius 3 is 1.43 bits per heavy atom. The molecule has 0 atom stereocenters. The van der Waals surface area contributed by atoms with Gasteiger partial charge in [0.15, 0.2) is 0 Å². The van der Waals surface area contributed by atoms with Crippen LogP contribution in [0.1, 0.15) is 41.6 Å². The first-order valence-corrected chi connectivity index (χ1v) is 12.9. The Kier molecular flexibility index (Phi) is 8.11. The van der Waals surface area contributed by atoms with Crippen molar-refractivity contribution in [1.82, 2.24) is 0 Å². The number of carboxylic acid groups (broad SMARTS) is 2. The molecule has 4 rings (SSSR count). The number of anilines is 2. The molecule has 0 spiro atoms. The van der Waals surface area contributed by atoms with Crippen LogP contribution in [0.3, 0.4) is 0 Å². The second-order valence-electron chi connectivity index (χ2n) is 8.12. The minimum atomic E-state index is -1.45. The topological polar surface area (TPSA) is 138 Å². The summed E-state index contributed by atoms with van der Waals surface area (Å²) in [5, 5.41) is 32.4. The Morgan fingerprint density at radius 1 is 0.649 bits per heavy atom. The van der Waals surface area contributed by atoms with E-state index in [1.54, 1.807) is 12.1 Å². The van der Waals surface area contributed by atoms with E-state index in [1.807, 2.05) is 35.0 Å². The van der Waals surface area contributed by atoms with Gasteiger partial charge >= 0.3 is 0 Å². The molecule has 0 aliphatic heterocycles. The van der Waals surface area contributed by atoms with Gasteiger partial charge in [-0.05, 0) is 64.7 Å². The highest BCUT2D eigenvalue weighted by Crippen LogP contribution is 2.23. The molecule has 0 saturated carbocycles. The molecule has 0 bridgehead atoms. The van der Waals surface area contributed by atoms with Crippen LogP contribution in [0, 0.1) is 0 Å². The van der Waals surface area contributed by atoms with E-state index in [0.29, 0.717) is 11.1 Å². The van der Waals surface area contributed by atoms with Crippen molar-refractivity contribution in [3.05, 3.63) is 103 Å². The largest absolute Gasteiger partial charge is 0.545 e. The number of hydrogen-bond acceptors (Lipinski definition) is 8. The van der Waals surface area contributed by atoms with Gasteiger partial charge in [0.25, 0.3) is 0 Å². The van der Waals surface area contributed by atoms with Gasteiger partial charge in [0.1, 0.15) is 0 Å². The Morgan fingerprint density at radius 2 is 1.08 bits per heavy atom. The molecular weight excluding hydrogens is 512 g/mol. The number of carbonyl (C=O) groups is 4. The normalized spacial score (nSPS) is 10.6. The number of aromatic carboxylic acids is 2. The maximum Gasteiger partial charge on any atom is 0.229 e. The SMILES string of the molecule is O=C(Cc1cccs1)Nc1ccc(Cc2ccc(NC(=O)Cc3cccs3)c(C(=O)[O-])c2)cc1C(=O)[O-]. The highest BCUT2D eigenvalue weighted by molar-refractivity contribution is 7.10. The first-order valence-electron chi connectivity index (χ1n) is 11.1. The van der Waals surface area contributed by atoms with Crippen LogP contribution in [0.5, 0.6) is 0 Å². The molecule has 37 heavy (non-hydrogen) atoms. The van der Waals surface area contributed by atoms with Gasteiger partial charge < -0.3 is 30.4 Å². The molecule has 0 radical (unpaired) electrons. The molecule has 188 valence electrons. The van der Waals surface area contributed by atoms with E-state index in [1.165, 1.54) is 46.9 Å². The van der Waals surface area contributed by atoms with E-state index in [4.69, 9.17) is 0 Å². The highest BCUT2D eigenvalue weighted by atomic mass is 32.1. The zero-order valence-electron chi connectivity index (χ0n) is 19.3. The van der Waals surface area contributed by atoms with Gasteiger partial charge in [-0.25, -0.2) is 0 Å². The summed E-state index contributed by atoms with van der Waals surface area (Å²) >= 11 is 2.85. The van der Waals surface area contributed by atoms with Gasteiger partial charge in [0, 0.05) is 32.3 Å². The van der Waals surface area contributed by atoms with Crippen LogP contribution in [-0.4, -0.2) is 23.8 Å². The summed E-state index contributed by atoms with van der Waals surface area (Å²) in [4.78, 5) is 49.8. The third-order valence-corrected chi connectivity index (χ3v) is 7.15. The van der Waals surface area contributed by atoms with E-state index in [-0.39, 0.29) is 53.6 Å². The lowest BCUT2D eigenvalue weighted by atomic mass is 9.99. The number of rotatable bonds is 10. The molecule has 10 heteroatoms. The van der Waals surface area contributed by atoms with Crippen LogP contribution in [0.2, 0.25) is 0 Å². The standard InChI is InChI=1S/C27H22N2O6S2/c30-24(14-18-3-1-9-36-18)28-22-7-5-16(12-20(22)26(32)33)11-17-6-8-23(21(13-17)27(34)35)29-25(31)15-19-4-2-10-37-19/h1-10,12-13H,11,14-15H2,(H,28,30)(H,29,31)(H,32,33)(H,34,35)/p-2. The van der Waals surface area contributed by atoms with Crippen molar-refractivity contribution in [2.24, 2.45) is 0 Å². The molecule has 4 aromatic rings. The first-order chi connectivity index (χ1) is 17.8. The fourth-order valence-electron chi connectivity index (χ4n) is 3.73. The minimum absolute atomic E-state index is 0.115. The van der Waals surface area contributed by atoms with Gasteiger partial charge in [0.2, 0.25) is 11.8 Å². The molecule has 2 aromatic heterocycles. The third kappa shape index (κ3) is 6.90. The fraction of sp³-hybridized carbons (Fsp3) is 0.111. The van der Waals surface area contributed by atoms with E-state index in [9.17, 15) is 29.4 Å². The number of amides is 2. The molecule has 2 amide bonds. The average molecular weight is 533 g/mol. The minimum Gasteiger partial charge on any atom is -0.545 e. The molecule has 2 aromatic carbocycles. The number of hydrogen-bond donors (Lipinski definition) is 2. The van der Waals surface area contributed by atoms with E-state index >= 15 is 0 Å². The lowest BCUT2D eigenvalue weighted by Gasteiger charge is -2.16. The Bertz CT molecular complexity index is 1340. The van der Waals surface area contributed by atoms with Crippen molar-refractivity contribution in [2.75, 3.05) is 10.6 Å². The third-order valence-electron chi connectivity index (χ3n) is 5.39. The summed E-state index contributed by atoms with van der Waals surface area (Å²) in [5.74, 6) is -3.61. The molecule has 0 saturated heterocycles. The second kappa shape index (κ2) is 11.6. The van der Waals surface area contributed by atoms with Crippen molar-refractivity contribution in [1.29, 1.82) is 0 Å². The van der Waals surface area contributed by atoms with Crippen LogP contribution in [0.15, 0.2) is 71.4 Å². The van der Waals surface area contributed by atoms with Crippen LogP contribution in [0.25, 0.3) is 0 Å². The van der Waals surface area contributed by atoms with Gasteiger partial charge in [0.05, 0.1) is 24.8 Å². The zero-order chi connectivity index (χ0) is 26.4. The number of benzene rings is 2. The van der Waals surface area contributed by atoms with E-state index < -0.39 is 11.9 Å². The van der Waals surface area contributed by atoms with Gasteiger partial charge in [-0.2, -0.15) is 0 Å². The summed E-state index contributed by atoms with van der Waals surface area (Å²) in [6, 6.07) is 16.3. The quantitative estimate of drug-likeness (QED) is 0.322. The Balaban J connectivity index is 1.49. The summed E-state index contributed by atoms with van der Waals surface area (Å²) in [6.45, 7) is 0. The van der Waals surface area contributed by atoms with Gasteiger partial charge in [-0.1, -0.05) is 24.3 Å². The zero-order valence-corrected chi connectivity index (χ0v) is 20.9. The molecule has 8 nitrogen and oxygen atoms in total. The van der Waals surface area contributed by atoms with Crippen molar-refractivity contribution in [3.63, 3.8) is 0 Å². The molecular formula is C27H20N2O6S2-2.